The van der Waals surface area contributed by atoms with Gasteiger partial charge in [-0.25, -0.2) is 4.39 Å². The van der Waals surface area contributed by atoms with Crippen molar-refractivity contribution in [3.8, 4) is 0 Å². The highest BCUT2D eigenvalue weighted by Crippen LogP contribution is 2.17. The van der Waals surface area contributed by atoms with Gasteiger partial charge in [-0.15, -0.1) is 0 Å². The Hall–Kier alpha value is -1.62. The van der Waals surface area contributed by atoms with Crippen molar-refractivity contribution in [3.05, 3.63) is 35.6 Å². The summed E-state index contributed by atoms with van der Waals surface area (Å²) < 4.78 is 18.2. The number of benzene rings is 1. The molecule has 3 N–H and O–H groups in total. The van der Waals surface area contributed by atoms with Crippen LogP contribution in [0.25, 0.3) is 0 Å². The predicted molar refractivity (Wildman–Crippen MR) is 75.5 cm³/mol. The summed E-state index contributed by atoms with van der Waals surface area (Å²) in [5.41, 5.74) is 6.66. The summed E-state index contributed by atoms with van der Waals surface area (Å²) in [6.07, 6.45) is 0.750. The largest absolute Gasteiger partial charge is 0.375 e. The van der Waals surface area contributed by atoms with E-state index in [2.05, 4.69) is 17.2 Å². The maximum atomic E-state index is 12.9. The Morgan fingerprint density at radius 3 is 2.58 bits per heavy atom. The topological polar surface area (TPSA) is 59.6 Å². The fourth-order valence-electron chi connectivity index (χ4n) is 1.57. The molecule has 0 spiro atoms. The Bertz CT molecular complexity index is 406. The first-order chi connectivity index (χ1) is 9.06. The number of aliphatic imine (C=N–C) groups is 1. The average Bonchev–Trinajstić information content (AvgIpc) is 2.41. The van der Waals surface area contributed by atoms with Gasteiger partial charge in [-0.05, 0) is 31.0 Å². The summed E-state index contributed by atoms with van der Waals surface area (Å²) in [5.74, 6) is 0.138. The zero-order valence-corrected chi connectivity index (χ0v) is 11.7. The van der Waals surface area contributed by atoms with Crippen molar-refractivity contribution in [1.29, 1.82) is 0 Å². The molecule has 0 saturated carbocycles. The van der Waals surface area contributed by atoms with Crippen LogP contribution < -0.4 is 11.1 Å². The maximum Gasteiger partial charge on any atom is 0.188 e. The summed E-state index contributed by atoms with van der Waals surface area (Å²) in [5, 5.41) is 3.08. The first-order valence-electron chi connectivity index (χ1n) is 6.41. The second kappa shape index (κ2) is 7.74. The number of hydrogen-bond donors (Lipinski definition) is 2. The lowest BCUT2D eigenvalue weighted by Gasteiger charge is -2.15. The maximum absolute atomic E-state index is 12.9. The van der Waals surface area contributed by atoms with E-state index in [4.69, 9.17) is 10.5 Å². The van der Waals surface area contributed by atoms with E-state index in [1.165, 1.54) is 12.1 Å². The van der Waals surface area contributed by atoms with Crippen molar-refractivity contribution < 1.29 is 9.13 Å². The van der Waals surface area contributed by atoms with E-state index in [0.717, 1.165) is 12.0 Å². The monoisotopic (exact) mass is 267 g/mol. The van der Waals surface area contributed by atoms with Crippen molar-refractivity contribution in [2.24, 2.45) is 10.7 Å². The first kappa shape index (κ1) is 15.4. The normalized spacial score (nSPS) is 15.1. The lowest BCUT2D eigenvalue weighted by Crippen LogP contribution is -2.38. The molecule has 2 unspecified atom stereocenters. The Morgan fingerprint density at radius 2 is 2.05 bits per heavy atom. The van der Waals surface area contributed by atoms with E-state index in [1.54, 1.807) is 19.2 Å². The van der Waals surface area contributed by atoms with Crippen molar-refractivity contribution in [1.82, 2.24) is 5.32 Å². The smallest absolute Gasteiger partial charge is 0.188 e. The van der Waals surface area contributed by atoms with Crippen LogP contribution in [-0.4, -0.2) is 25.7 Å². The van der Waals surface area contributed by atoms with Crippen LogP contribution in [0.15, 0.2) is 29.3 Å². The van der Waals surface area contributed by atoms with Crippen LogP contribution in [0.3, 0.4) is 0 Å². The molecule has 1 aromatic carbocycles. The summed E-state index contributed by atoms with van der Waals surface area (Å²) >= 11 is 0. The van der Waals surface area contributed by atoms with E-state index in [1.807, 2.05) is 6.92 Å². The minimum absolute atomic E-state index is 0.224. The predicted octanol–water partition coefficient (Wildman–Crippen LogP) is 2.22. The summed E-state index contributed by atoms with van der Waals surface area (Å²) in [4.78, 5) is 4.25. The van der Waals surface area contributed by atoms with Gasteiger partial charge in [0, 0.05) is 13.2 Å². The number of ether oxygens (including phenoxy) is 1. The molecule has 0 bridgehead atoms. The van der Waals surface area contributed by atoms with Crippen molar-refractivity contribution in [2.45, 2.75) is 32.4 Å². The molecule has 0 saturated heterocycles. The number of nitrogens with two attached hydrogens (primary N) is 1. The molecule has 1 aromatic rings. The fraction of sp³-hybridized carbons (Fsp3) is 0.500. The van der Waals surface area contributed by atoms with E-state index >= 15 is 0 Å². The Labute approximate surface area is 113 Å². The van der Waals surface area contributed by atoms with Crippen molar-refractivity contribution >= 4 is 5.96 Å². The SMILES string of the molecule is CCC(C)NC(N)=NCC(OC)c1ccc(F)cc1. The van der Waals surface area contributed by atoms with Gasteiger partial charge < -0.3 is 15.8 Å². The Morgan fingerprint density at radius 1 is 1.42 bits per heavy atom. The lowest BCUT2D eigenvalue weighted by atomic mass is 10.1. The molecule has 0 heterocycles. The third-order valence-electron chi connectivity index (χ3n) is 2.96. The molecule has 0 amide bonds. The highest BCUT2D eigenvalue weighted by atomic mass is 19.1. The van der Waals surface area contributed by atoms with Crippen LogP contribution in [0, 0.1) is 5.82 Å². The molecule has 1 rings (SSSR count). The Kier molecular flexibility index (Phi) is 6.29. The molecule has 0 aliphatic heterocycles. The van der Waals surface area contributed by atoms with Crippen molar-refractivity contribution in [3.63, 3.8) is 0 Å². The zero-order chi connectivity index (χ0) is 14.3. The molecule has 4 nitrogen and oxygen atoms in total. The molecular weight excluding hydrogens is 245 g/mol. The molecule has 0 aliphatic carbocycles. The number of hydrogen-bond acceptors (Lipinski definition) is 2. The van der Waals surface area contributed by atoms with E-state index in [-0.39, 0.29) is 18.0 Å². The highest BCUT2D eigenvalue weighted by Gasteiger charge is 2.10. The molecule has 5 heteroatoms. The Balaban J connectivity index is 2.62. The molecule has 106 valence electrons. The minimum Gasteiger partial charge on any atom is -0.375 e. The van der Waals surface area contributed by atoms with Crippen LogP contribution in [-0.2, 0) is 4.74 Å². The van der Waals surface area contributed by atoms with E-state index in [0.29, 0.717) is 12.5 Å². The van der Waals surface area contributed by atoms with Gasteiger partial charge in [-0.1, -0.05) is 19.1 Å². The van der Waals surface area contributed by atoms with Gasteiger partial charge >= 0.3 is 0 Å². The summed E-state index contributed by atoms with van der Waals surface area (Å²) in [7, 11) is 1.60. The van der Waals surface area contributed by atoms with Crippen LogP contribution in [0.5, 0.6) is 0 Å². The van der Waals surface area contributed by atoms with Gasteiger partial charge in [0.2, 0.25) is 0 Å². The van der Waals surface area contributed by atoms with E-state index < -0.39 is 0 Å². The van der Waals surface area contributed by atoms with Gasteiger partial charge in [0.25, 0.3) is 0 Å². The number of rotatable bonds is 6. The van der Waals surface area contributed by atoms with Gasteiger partial charge in [-0.2, -0.15) is 0 Å². The van der Waals surface area contributed by atoms with Crippen LogP contribution >= 0.6 is 0 Å². The number of methoxy groups -OCH3 is 1. The van der Waals surface area contributed by atoms with Crippen LogP contribution in [0.1, 0.15) is 31.9 Å². The molecule has 2 atom stereocenters. The lowest BCUT2D eigenvalue weighted by molar-refractivity contribution is 0.111. The average molecular weight is 267 g/mol. The standard InChI is InChI=1S/C14H22FN3O/c1-4-10(2)18-14(16)17-9-13(19-3)11-5-7-12(15)8-6-11/h5-8,10,13H,4,9H2,1-3H3,(H3,16,17,18). The van der Waals surface area contributed by atoms with Gasteiger partial charge in [0.15, 0.2) is 5.96 Å². The highest BCUT2D eigenvalue weighted by molar-refractivity contribution is 5.78. The number of guanidine groups is 1. The van der Waals surface area contributed by atoms with Gasteiger partial charge in [0.05, 0.1) is 6.54 Å². The number of nitrogens with one attached hydrogen (secondary N) is 1. The van der Waals surface area contributed by atoms with E-state index in [9.17, 15) is 4.39 Å². The summed E-state index contributed by atoms with van der Waals surface area (Å²) in [6.45, 7) is 4.51. The fourth-order valence-corrected chi connectivity index (χ4v) is 1.57. The number of halogens is 1. The summed E-state index contributed by atoms with van der Waals surface area (Å²) in [6, 6.07) is 6.49. The first-order valence-corrected chi connectivity index (χ1v) is 6.41. The molecule has 0 aromatic heterocycles. The molecule has 19 heavy (non-hydrogen) atoms. The molecule has 0 radical (unpaired) electrons. The zero-order valence-electron chi connectivity index (χ0n) is 11.7. The molecule has 0 fully saturated rings. The second-order valence-corrected chi connectivity index (χ2v) is 4.46. The molecule has 0 aliphatic rings. The quantitative estimate of drug-likeness (QED) is 0.613. The van der Waals surface area contributed by atoms with Crippen LogP contribution in [0.4, 0.5) is 4.39 Å². The third-order valence-corrected chi connectivity index (χ3v) is 2.96. The number of nitrogens with zero attached hydrogens (tertiary/aromatic N) is 1. The van der Waals surface area contributed by atoms with Crippen molar-refractivity contribution in [2.75, 3.05) is 13.7 Å². The molecular formula is C14H22FN3O. The van der Waals surface area contributed by atoms with Crippen LogP contribution in [0.2, 0.25) is 0 Å². The third kappa shape index (κ3) is 5.26. The van der Waals surface area contributed by atoms with Gasteiger partial charge in [0.1, 0.15) is 11.9 Å². The van der Waals surface area contributed by atoms with Gasteiger partial charge in [-0.3, -0.25) is 4.99 Å². The second-order valence-electron chi connectivity index (χ2n) is 4.46. The minimum atomic E-state index is -0.264.